The van der Waals surface area contributed by atoms with Crippen molar-refractivity contribution in [3.05, 3.63) is 64.5 Å². The highest BCUT2D eigenvalue weighted by Crippen LogP contribution is 2.29. The highest BCUT2D eigenvalue weighted by Gasteiger charge is 2.17. The Morgan fingerprint density at radius 1 is 1.12 bits per heavy atom. The number of likely N-dealkylation sites (N-methyl/N-ethyl adjacent to an activating group) is 1. The maximum Gasteiger partial charge on any atom is 0.282 e. The van der Waals surface area contributed by atoms with Gasteiger partial charge in [-0.15, -0.1) is 0 Å². The lowest BCUT2D eigenvalue weighted by Gasteiger charge is -2.13. The van der Waals surface area contributed by atoms with Crippen LogP contribution in [0, 0.1) is 0 Å². The standard InChI is InChI=1S/C18H16Cl2N4O2/c1-24(10-15(25)21-17-13(19)8-5-9-14(17)20)11-16-22-18(23-26-16)12-6-3-2-4-7-12/h2-9H,10-11H2,1H3,(H,21,25)/p+1. The van der Waals surface area contributed by atoms with Gasteiger partial charge in [0.15, 0.2) is 13.1 Å². The zero-order chi connectivity index (χ0) is 18.5. The number of quaternary nitrogens is 1. The highest BCUT2D eigenvalue weighted by molar-refractivity contribution is 6.39. The van der Waals surface area contributed by atoms with E-state index in [1.54, 1.807) is 18.2 Å². The monoisotopic (exact) mass is 391 g/mol. The summed E-state index contributed by atoms with van der Waals surface area (Å²) < 4.78 is 5.27. The third-order valence-corrected chi connectivity index (χ3v) is 4.27. The normalized spacial score (nSPS) is 12.0. The first-order valence-corrected chi connectivity index (χ1v) is 8.71. The van der Waals surface area contributed by atoms with E-state index in [1.807, 2.05) is 37.4 Å². The lowest BCUT2D eigenvalue weighted by molar-refractivity contribution is -0.886. The van der Waals surface area contributed by atoms with Crippen molar-refractivity contribution in [2.45, 2.75) is 6.54 Å². The lowest BCUT2D eigenvalue weighted by Crippen LogP contribution is -3.08. The van der Waals surface area contributed by atoms with Gasteiger partial charge in [-0.2, -0.15) is 4.98 Å². The number of benzene rings is 2. The Bertz CT molecular complexity index is 879. The van der Waals surface area contributed by atoms with E-state index in [1.165, 1.54) is 0 Å². The van der Waals surface area contributed by atoms with Crippen LogP contribution in [0.4, 0.5) is 5.69 Å². The molecule has 6 nitrogen and oxygen atoms in total. The minimum Gasteiger partial charge on any atom is -0.333 e. The molecule has 1 aromatic heterocycles. The van der Waals surface area contributed by atoms with Crippen LogP contribution in [0.25, 0.3) is 11.4 Å². The second-order valence-corrected chi connectivity index (χ2v) is 6.65. The summed E-state index contributed by atoms with van der Waals surface area (Å²) in [5, 5.41) is 7.50. The molecule has 1 amide bonds. The first kappa shape index (κ1) is 18.4. The molecule has 0 aliphatic heterocycles. The fourth-order valence-corrected chi connectivity index (χ4v) is 2.92. The van der Waals surface area contributed by atoms with Crippen LogP contribution in [0.2, 0.25) is 10.0 Å². The smallest absolute Gasteiger partial charge is 0.282 e. The number of anilines is 1. The molecule has 0 saturated heterocycles. The third kappa shape index (κ3) is 4.60. The average molecular weight is 392 g/mol. The molecule has 2 aromatic carbocycles. The summed E-state index contributed by atoms with van der Waals surface area (Å²) in [5.41, 5.74) is 1.30. The molecule has 1 heterocycles. The van der Waals surface area contributed by atoms with Gasteiger partial charge in [-0.3, -0.25) is 4.79 Å². The fraction of sp³-hybridized carbons (Fsp3) is 0.167. The van der Waals surface area contributed by atoms with Crippen molar-refractivity contribution in [3.8, 4) is 11.4 Å². The second-order valence-electron chi connectivity index (χ2n) is 5.83. The van der Waals surface area contributed by atoms with E-state index in [-0.39, 0.29) is 12.5 Å². The Morgan fingerprint density at radius 2 is 1.81 bits per heavy atom. The molecule has 2 N–H and O–H groups in total. The van der Waals surface area contributed by atoms with Gasteiger partial charge in [0.1, 0.15) is 0 Å². The molecule has 3 rings (SSSR count). The lowest BCUT2D eigenvalue weighted by atomic mass is 10.2. The van der Waals surface area contributed by atoms with Crippen LogP contribution >= 0.6 is 23.2 Å². The third-order valence-electron chi connectivity index (χ3n) is 3.64. The van der Waals surface area contributed by atoms with Crippen molar-refractivity contribution in [3.63, 3.8) is 0 Å². The van der Waals surface area contributed by atoms with Crippen LogP contribution in [0.5, 0.6) is 0 Å². The maximum atomic E-state index is 12.2. The summed E-state index contributed by atoms with van der Waals surface area (Å²) in [7, 11) is 1.86. The topological polar surface area (TPSA) is 72.5 Å². The Hall–Kier alpha value is -2.41. The number of amides is 1. The maximum absolute atomic E-state index is 12.2. The van der Waals surface area contributed by atoms with Gasteiger partial charge in [-0.1, -0.05) is 64.8 Å². The SMILES string of the molecule is C[NH+](CC(=O)Nc1c(Cl)cccc1Cl)Cc1nc(-c2ccccc2)no1. The first-order valence-electron chi connectivity index (χ1n) is 7.96. The molecular formula is C18H17Cl2N4O2+. The highest BCUT2D eigenvalue weighted by atomic mass is 35.5. The average Bonchev–Trinajstić information content (AvgIpc) is 3.07. The predicted molar refractivity (Wildman–Crippen MR) is 100 cm³/mol. The fourth-order valence-electron chi connectivity index (χ4n) is 2.43. The van der Waals surface area contributed by atoms with E-state index in [2.05, 4.69) is 15.5 Å². The van der Waals surface area contributed by atoms with Crippen molar-refractivity contribution < 1.29 is 14.2 Å². The second kappa shape index (κ2) is 8.31. The quantitative estimate of drug-likeness (QED) is 0.677. The van der Waals surface area contributed by atoms with Crippen molar-refractivity contribution in [1.82, 2.24) is 10.1 Å². The zero-order valence-corrected chi connectivity index (χ0v) is 15.5. The number of nitrogens with one attached hydrogen (secondary N) is 2. The number of carbonyl (C=O) groups excluding carboxylic acids is 1. The van der Waals surface area contributed by atoms with Crippen molar-refractivity contribution in [1.29, 1.82) is 0 Å². The van der Waals surface area contributed by atoms with E-state index >= 15 is 0 Å². The van der Waals surface area contributed by atoms with E-state index in [0.717, 1.165) is 10.5 Å². The summed E-state index contributed by atoms with van der Waals surface area (Å²) in [6.45, 7) is 0.619. The van der Waals surface area contributed by atoms with E-state index in [0.29, 0.717) is 34.0 Å². The zero-order valence-electron chi connectivity index (χ0n) is 14.0. The van der Waals surface area contributed by atoms with Crippen LogP contribution in [0.3, 0.4) is 0 Å². The van der Waals surface area contributed by atoms with Gasteiger partial charge in [0.2, 0.25) is 5.82 Å². The van der Waals surface area contributed by atoms with Gasteiger partial charge in [-0.05, 0) is 12.1 Å². The van der Waals surface area contributed by atoms with Gasteiger partial charge >= 0.3 is 0 Å². The predicted octanol–water partition coefficient (Wildman–Crippen LogP) is 2.70. The number of hydrogen-bond acceptors (Lipinski definition) is 4. The van der Waals surface area contributed by atoms with Gasteiger partial charge in [-0.25, -0.2) is 0 Å². The molecular weight excluding hydrogens is 375 g/mol. The Kier molecular flexibility index (Phi) is 5.88. The summed E-state index contributed by atoms with van der Waals surface area (Å²) in [4.78, 5) is 17.5. The molecule has 1 unspecified atom stereocenters. The van der Waals surface area contributed by atoms with E-state index < -0.39 is 0 Å². The van der Waals surface area contributed by atoms with Crippen LogP contribution < -0.4 is 10.2 Å². The number of hydrogen-bond donors (Lipinski definition) is 2. The van der Waals surface area contributed by atoms with Crippen LogP contribution in [0.1, 0.15) is 5.89 Å². The molecule has 26 heavy (non-hydrogen) atoms. The Morgan fingerprint density at radius 3 is 2.50 bits per heavy atom. The van der Waals surface area contributed by atoms with Crippen LogP contribution in [-0.4, -0.2) is 29.6 Å². The first-order chi connectivity index (χ1) is 12.5. The van der Waals surface area contributed by atoms with Gasteiger partial charge in [0, 0.05) is 5.56 Å². The van der Waals surface area contributed by atoms with Gasteiger partial charge < -0.3 is 14.7 Å². The van der Waals surface area contributed by atoms with E-state index in [4.69, 9.17) is 27.7 Å². The Balaban J connectivity index is 1.58. The number of carbonyl (C=O) groups is 1. The number of rotatable bonds is 6. The molecule has 1 atom stereocenters. The van der Waals surface area contributed by atoms with Crippen molar-refractivity contribution in [2.24, 2.45) is 0 Å². The minimum atomic E-state index is -0.208. The summed E-state index contributed by atoms with van der Waals surface area (Å²) >= 11 is 12.1. The van der Waals surface area contributed by atoms with E-state index in [9.17, 15) is 4.79 Å². The number of aromatic nitrogens is 2. The van der Waals surface area contributed by atoms with Crippen LogP contribution in [-0.2, 0) is 11.3 Å². The van der Waals surface area contributed by atoms with Crippen LogP contribution in [0.15, 0.2) is 53.1 Å². The van der Waals surface area contributed by atoms with Crippen molar-refractivity contribution in [2.75, 3.05) is 18.9 Å². The molecule has 0 spiro atoms. The number of nitrogens with zero attached hydrogens (tertiary/aromatic N) is 2. The van der Waals surface area contributed by atoms with Crippen molar-refractivity contribution >= 4 is 34.8 Å². The molecule has 0 aliphatic carbocycles. The largest absolute Gasteiger partial charge is 0.333 e. The molecule has 0 radical (unpaired) electrons. The number of halogens is 2. The summed E-state index contributed by atoms with van der Waals surface area (Å²) in [6.07, 6.45) is 0. The molecule has 3 aromatic rings. The minimum absolute atomic E-state index is 0.199. The molecule has 0 saturated carbocycles. The Labute approximate surface area is 160 Å². The molecule has 0 bridgehead atoms. The molecule has 134 valence electrons. The molecule has 0 aliphatic rings. The molecule has 8 heteroatoms. The number of para-hydroxylation sites is 1. The van der Waals surface area contributed by atoms with Gasteiger partial charge in [0.05, 0.1) is 22.8 Å². The summed E-state index contributed by atoms with van der Waals surface area (Å²) in [5.74, 6) is 0.783. The molecule has 0 fully saturated rings. The van der Waals surface area contributed by atoms with Gasteiger partial charge in [0.25, 0.3) is 11.8 Å². The summed E-state index contributed by atoms with van der Waals surface area (Å²) in [6, 6.07) is 14.6.